The molecule has 5 heteroatoms. The highest BCUT2D eigenvalue weighted by atomic mass is 16.7. The van der Waals surface area contributed by atoms with Crippen LogP contribution in [0.5, 0.6) is 0 Å². The molecule has 0 saturated heterocycles. The molecular weight excluding hydrogens is 256 g/mol. The van der Waals surface area contributed by atoms with Crippen LogP contribution in [0.25, 0.3) is 10.8 Å². The molecule has 20 heavy (non-hydrogen) atoms. The van der Waals surface area contributed by atoms with Crippen molar-refractivity contribution >= 4 is 16.7 Å². The Hall–Kier alpha value is -2.17. The Balaban J connectivity index is 2.02. The van der Waals surface area contributed by atoms with Crippen molar-refractivity contribution in [1.29, 1.82) is 0 Å². The smallest absolute Gasteiger partial charge is 0.315 e. The quantitative estimate of drug-likeness (QED) is 0.837. The lowest BCUT2D eigenvalue weighted by molar-refractivity contribution is -0.162. The van der Waals surface area contributed by atoms with E-state index in [1.54, 1.807) is 19.1 Å². The van der Waals surface area contributed by atoms with Gasteiger partial charge in [-0.1, -0.05) is 24.6 Å². The molecule has 3 rings (SSSR count). The number of carbonyl (C=O) groups excluding carboxylic acids is 1. The lowest BCUT2D eigenvalue weighted by atomic mass is 9.71. The number of carbonyl (C=O) groups is 1. The molecule has 1 heterocycles. The summed E-state index contributed by atoms with van der Waals surface area (Å²) in [5, 5.41) is 5.36. The Morgan fingerprint density at radius 1 is 1.30 bits per heavy atom. The maximum Gasteiger partial charge on any atom is 0.340 e. The minimum absolute atomic E-state index is 0.381. The average Bonchev–Trinajstić information content (AvgIpc) is 2.41. The van der Waals surface area contributed by atoms with Gasteiger partial charge in [-0.25, -0.2) is 4.79 Å². The standard InChI is InChI=1S/C15H16N2O3/c1-10-11-6-3-4-7-12(11)13(18)17(16-10)20-14(19)15(2)8-5-9-15/h3-4,6-7H,5,8-9H2,1-2H3. The van der Waals surface area contributed by atoms with Crippen molar-refractivity contribution in [2.45, 2.75) is 33.1 Å². The number of hydrogen-bond acceptors (Lipinski definition) is 4. The van der Waals surface area contributed by atoms with E-state index in [0.717, 1.165) is 29.5 Å². The Morgan fingerprint density at radius 3 is 2.55 bits per heavy atom. The molecule has 0 aliphatic heterocycles. The first kappa shape index (κ1) is 12.8. The van der Waals surface area contributed by atoms with E-state index in [1.165, 1.54) is 0 Å². The van der Waals surface area contributed by atoms with Crippen LogP contribution in [-0.2, 0) is 4.79 Å². The SMILES string of the molecule is Cc1nn(OC(=O)C2(C)CCC2)c(=O)c2ccccc12. The molecule has 0 spiro atoms. The molecule has 0 radical (unpaired) electrons. The van der Waals surface area contributed by atoms with E-state index in [2.05, 4.69) is 5.10 Å². The monoisotopic (exact) mass is 272 g/mol. The zero-order valence-electron chi connectivity index (χ0n) is 11.5. The van der Waals surface area contributed by atoms with Crippen LogP contribution in [0.4, 0.5) is 0 Å². The highest BCUT2D eigenvalue weighted by Gasteiger charge is 2.41. The summed E-state index contributed by atoms with van der Waals surface area (Å²) in [7, 11) is 0. The fourth-order valence-corrected chi connectivity index (χ4v) is 2.49. The van der Waals surface area contributed by atoms with Gasteiger partial charge in [-0.05, 0) is 37.6 Å². The average molecular weight is 272 g/mol. The maximum atomic E-state index is 12.3. The van der Waals surface area contributed by atoms with Gasteiger partial charge in [0, 0.05) is 5.39 Å². The lowest BCUT2D eigenvalue weighted by Crippen LogP contribution is -2.44. The van der Waals surface area contributed by atoms with Crippen molar-refractivity contribution in [2.75, 3.05) is 0 Å². The first-order valence-corrected chi connectivity index (χ1v) is 6.73. The minimum Gasteiger partial charge on any atom is -0.315 e. The minimum atomic E-state index is -0.472. The topological polar surface area (TPSA) is 61.2 Å². The van der Waals surface area contributed by atoms with Crippen LogP contribution in [0, 0.1) is 12.3 Å². The zero-order chi connectivity index (χ0) is 14.3. The van der Waals surface area contributed by atoms with E-state index < -0.39 is 11.0 Å². The molecule has 0 amide bonds. The number of nitrogens with zero attached hydrogens (tertiary/aromatic N) is 2. The molecule has 1 aliphatic carbocycles. The fraction of sp³-hybridized carbons (Fsp3) is 0.400. The van der Waals surface area contributed by atoms with Crippen LogP contribution in [-0.4, -0.2) is 15.9 Å². The molecule has 0 atom stereocenters. The number of rotatable bonds is 2. The van der Waals surface area contributed by atoms with Gasteiger partial charge in [0.05, 0.1) is 16.5 Å². The molecular formula is C15H16N2O3. The van der Waals surface area contributed by atoms with Gasteiger partial charge in [-0.15, -0.1) is 5.10 Å². The number of aryl methyl sites for hydroxylation is 1. The van der Waals surface area contributed by atoms with E-state index >= 15 is 0 Å². The number of hydrogen-bond donors (Lipinski definition) is 0. The van der Waals surface area contributed by atoms with Crippen molar-refractivity contribution in [3.63, 3.8) is 0 Å². The van der Waals surface area contributed by atoms with Crippen LogP contribution in [0.2, 0.25) is 0 Å². The molecule has 0 N–H and O–H groups in total. The summed E-state index contributed by atoms with van der Waals surface area (Å²) in [5.74, 6) is -0.381. The predicted molar refractivity (Wildman–Crippen MR) is 74.3 cm³/mol. The summed E-state index contributed by atoms with van der Waals surface area (Å²) in [4.78, 5) is 30.4. The summed E-state index contributed by atoms with van der Waals surface area (Å²) >= 11 is 0. The van der Waals surface area contributed by atoms with Crippen LogP contribution < -0.4 is 10.4 Å². The first-order valence-electron chi connectivity index (χ1n) is 6.73. The summed E-state index contributed by atoms with van der Waals surface area (Å²) < 4.78 is 0. The summed E-state index contributed by atoms with van der Waals surface area (Å²) in [5.41, 5.74) is -0.213. The number of aromatic nitrogens is 2. The van der Waals surface area contributed by atoms with E-state index in [4.69, 9.17) is 4.84 Å². The first-order chi connectivity index (χ1) is 9.51. The highest BCUT2D eigenvalue weighted by molar-refractivity contribution is 5.83. The second-order valence-electron chi connectivity index (χ2n) is 5.60. The van der Waals surface area contributed by atoms with Crippen molar-refractivity contribution in [3.05, 3.63) is 40.3 Å². The maximum absolute atomic E-state index is 12.3. The van der Waals surface area contributed by atoms with E-state index in [1.807, 2.05) is 19.1 Å². The third kappa shape index (κ3) is 1.90. The molecule has 0 bridgehead atoms. The van der Waals surface area contributed by atoms with E-state index in [-0.39, 0.29) is 5.97 Å². The van der Waals surface area contributed by atoms with Gasteiger partial charge >= 0.3 is 11.5 Å². The van der Waals surface area contributed by atoms with Gasteiger partial charge in [0.1, 0.15) is 0 Å². The van der Waals surface area contributed by atoms with Crippen LogP contribution in [0.3, 0.4) is 0 Å². The van der Waals surface area contributed by atoms with Gasteiger partial charge in [0.25, 0.3) is 0 Å². The molecule has 5 nitrogen and oxygen atoms in total. The Morgan fingerprint density at radius 2 is 1.95 bits per heavy atom. The Labute approximate surface area is 116 Å². The van der Waals surface area contributed by atoms with Crippen molar-refractivity contribution < 1.29 is 9.63 Å². The third-order valence-electron chi connectivity index (χ3n) is 4.08. The number of benzene rings is 1. The zero-order valence-corrected chi connectivity index (χ0v) is 11.5. The van der Waals surface area contributed by atoms with E-state index in [0.29, 0.717) is 11.1 Å². The van der Waals surface area contributed by atoms with Crippen LogP contribution in [0.1, 0.15) is 31.9 Å². The summed E-state index contributed by atoms with van der Waals surface area (Å²) in [6.45, 7) is 3.65. The van der Waals surface area contributed by atoms with Gasteiger partial charge < -0.3 is 4.84 Å². The molecule has 1 aromatic heterocycles. The Bertz CT molecular complexity index is 744. The summed E-state index contributed by atoms with van der Waals surface area (Å²) in [6, 6.07) is 7.17. The molecule has 104 valence electrons. The van der Waals surface area contributed by atoms with Crippen molar-refractivity contribution in [2.24, 2.45) is 5.41 Å². The third-order valence-corrected chi connectivity index (χ3v) is 4.08. The van der Waals surface area contributed by atoms with E-state index in [9.17, 15) is 9.59 Å². The van der Waals surface area contributed by atoms with Gasteiger partial charge in [0.2, 0.25) is 0 Å². The van der Waals surface area contributed by atoms with Gasteiger partial charge in [-0.3, -0.25) is 4.79 Å². The van der Waals surface area contributed by atoms with Crippen molar-refractivity contribution in [3.8, 4) is 0 Å². The Kier molecular flexibility index (Phi) is 2.85. The predicted octanol–water partition coefficient (Wildman–Crippen LogP) is 1.85. The second kappa shape index (κ2) is 4.44. The molecule has 2 aromatic rings. The van der Waals surface area contributed by atoms with Crippen LogP contribution >= 0.6 is 0 Å². The normalized spacial score (nSPS) is 16.7. The fourth-order valence-electron chi connectivity index (χ4n) is 2.49. The van der Waals surface area contributed by atoms with Gasteiger partial charge in [0.15, 0.2) is 0 Å². The molecule has 1 saturated carbocycles. The van der Waals surface area contributed by atoms with Gasteiger partial charge in [-0.2, -0.15) is 0 Å². The second-order valence-corrected chi connectivity index (χ2v) is 5.60. The van der Waals surface area contributed by atoms with Crippen molar-refractivity contribution in [1.82, 2.24) is 9.94 Å². The summed E-state index contributed by atoms with van der Waals surface area (Å²) in [6.07, 6.45) is 2.62. The highest BCUT2D eigenvalue weighted by Crippen LogP contribution is 2.40. The largest absolute Gasteiger partial charge is 0.340 e. The molecule has 0 unspecified atom stereocenters. The molecule has 1 fully saturated rings. The molecule has 1 aromatic carbocycles. The number of fused-ring (bicyclic) bond motifs is 1. The van der Waals surface area contributed by atoms with Crippen LogP contribution in [0.15, 0.2) is 29.1 Å². The molecule has 1 aliphatic rings. The lowest BCUT2D eigenvalue weighted by Gasteiger charge is -2.34.